The average molecular weight is 319 g/mol. The molecule has 0 atom stereocenters. The van der Waals surface area contributed by atoms with Crippen LogP contribution >= 0.6 is 0 Å². The molecule has 1 nitrogen and oxygen atoms in total. The van der Waals surface area contributed by atoms with E-state index in [0.717, 1.165) is 11.8 Å². The van der Waals surface area contributed by atoms with Gasteiger partial charge in [0.1, 0.15) is 5.78 Å². The zero-order chi connectivity index (χ0) is 16.3. The molecule has 0 aromatic rings. The Labute approximate surface area is 144 Å². The third kappa shape index (κ3) is 3.40. The van der Waals surface area contributed by atoms with Gasteiger partial charge in [-0.15, -0.1) is 0 Å². The first-order valence-electron chi connectivity index (χ1n) is 10.7. The lowest BCUT2D eigenvalue weighted by atomic mass is 9.43. The number of unbranched alkanes of at least 4 members (excludes halogenated alkanes) is 2. The van der Waals surface area contributed by atoms with Crippen molar-refractivity contribution in [2.24, 2.45) is 22.7 Å². The van der Waals surface area contributed by atoms with Crippen LogP contribution < -0.4 is 0 Å². The molecule has 3 aliphatic rings. The van der Waals surface area contributed by atoms with Crippen LogP contribution in [0.2, 0.25) is 0 Å². The molecule has 3 fully saturated rings. The summed E-state index contributed by atoms with van der Waals surface area (Å²) in [6.45, 7) is 4.59. The summed E-state index contributed by atoms with van der Waals surface area (Å²) in [5.74, 6) is 2.56. The molecule has 3 saturated carbocycles. The van der Waals surface area contributed by atoms with E-state index >= 15 is 0 Å². The molecule has 132 valence electrons. The van der Waals surface area contributed by atoms with Crippen LogP contribution in [0.25, 0.3) is 0 Å². The van der Waals surface area contributed by atoms with Crippen LogP contribution in [-0.2, 0) is 4.79 Å². The highest BCUT2D eigenvalue weighted by Crippen LogP contribution is 2.64. The Kier molecular flexibility index (Phi) is 5.53. The topological polar surface area (TPSA) is 17.1 Å². The predicted molar refractivity (Wildman–Crippen MR) is 97.5 cm³/mol. The standard InChI is InChI=1S/C22H38O/c1-3-5-6-8-19-11-15-22(16-12-19)17-21(20(22)23)13-9-18(7-4-2)10-14-21/h18-19H,3-17H2,1-2H3/t18-,19?,21-,22-. The smallest absolute Gasteiger partial charge is 0.145 e. The summed E-state index contributed by atoms with van der Waals surface area (Å²) in [5.41, 5.74) is 0.304. The van der Waals surface area contributed by atoms with E-state index in [2.05, 4.69) is 13.8 Å². The van der Waals surface area contributed by atoms with Gasteiger partial charge in [0.05, 0.1) is 0 Å². The van der Waals surface area contributed by atoms with Crippen molar-refractivity contribution in [2.45, 2.75) is 110 Å². The Morgan fingerprint density at radius 1 is 0.783 bits per heavy atom. The normalized spacial score (nSPS) is 40.5. The van der Waals surface area contributed by atoms with Crippen LogP contribution in [-0.4, -0.2) is 5.78 Å². The zero-order valence-corrected chi connectivity index (χ0v) is 15.7. The monoisotopic (exact) mass is 318 g/mol. The van der Waals surface area contributed by atoms with Gasteiger partial charge in [-0.25, -0.2) is 0 Å². The highest BCUT2D eigenvalue weighted by atomic mass is 16.1. The summed E-state index contributed by atoms with van der Waals surface area (Å²) in [4.78, 5) is 13.1. The molecule has 1 heteroatoms. The number of ketones is 1. The van der Waals surface area contributed by atoms with E-state index in [9.17, 15) is 4.79 Å². The Hall–Kier alpha value is -0.330. The summed E-state index contributed by atoms with van der Waals surface area (Å²) < 4.78 is 0. The van der Waals surface area contributed by atoms with Crippen LogP contribution in [0, 0.1) is 22.7 Å². The lowest BCUT2D eigenvalue weighted by Crippen LogP contribution is -2.59. The van der Waals surface area contributed by atoms with Gasteiger partial charge in [0, 0.05) is 10.8 Å². The second-order valence-electron chi connectivity index (χ2n) is 9.24. The first-order chi connectivity index (χ1) is 11.1. The van der Waals surface area contributed by atoms with E-state index in [4.69, 9.17) is 0 Å². The number of hydrogen-bond donors (Lipinski definition) is 0. The van der Waals surface area contributed by atoms with Gasteiger partial charge in [0.2, 0.25) is 0 Å². The number of hydrogen-bond acceptors (Lipinski definition) is 1. The van der Waals surface area contributed by atoms with Crippen molar-refractivity contribution in [3.8, 4) is 0 Å². The SMILES string of the molecule is CCCCCC1CC[C@]2(CC1)C[C@@]1(CC[C@H](CCC)CC1)C2=O. The van der Waals surface area contributed by atoms with Gasteiger partial charge in [-0.2, -0.15) is 0 Å². The van der Waals surface area contributed by atoms with Crippen molar-refractivity contribution in [1.29, 1.82) is 0 Å². The van der Waals surface area contributed by atoms with E-state index in [1.165, 1.54) is 96.3 Å². The average Bonchev–Trinajstić information content (AvgIpc) is 2.58. The Balaban J connectivity index is 1.47. The van der Waals surface area contributed by atoms with E-state index in [1.54, 1.807) is 0 Å². The Morgan fingerprint density at radius 2 is 1.30 bits per heavy atom. The fourth-order valence-electron chi connectivity index (χ4n) is 6.20. The number of rotatable bonds is 6. The minimum Gasteiger partial charge on any atom is -0.298 e. The molecule has 0 N–H and O–H groups in total. The second kappa shape index (κ2) is 7.28. The predicted octanol–water partition coefficient (Wildman–Crippen LogP) is 6.69. The maximum absolute atomic E-state index is 13.1. The quantitative estimate of drug-likeness (QED) is 0.498. The van der Waals surface area contributed by atoms with Crippen molar-refractivity contribution < 1.29 is 4.79 Å². The molecular formula is C22H38O. The van der Waals surface area contributed by atoms with Crippen molar-refractivity contribution in [1.82, 2.24) is 0 Å². The van der Waals surface area contributed by atoms with Gasteiger partial charge in [0.15, 0.2) is 0 Å². The van der Waals surface area contributed by atoms with Crippen molar-refractivity contribution in [3.63, 3.8) is 0 Å². The molecule has 0 radical (unpaired) electrons. The number of carbonyl (C=O) groups excluding carboxylic acids is 1. The Morgan fingerprint density at radius 3 is 1.74 bits per heavy atom. The van der Waals surface area contributed by atoms with Crippen LogP contribution in [0.5, 0.6) is 0 Å². The molecule has 0 bridgehead atoms. The van der Waals surface area contributed by atoms with Gasteiger partial charge in [0.25, 0.3) is 0 Å². The Bertz CT molecular complexity index is 394. The fraction of sp³-hybridized carbons (Fsp3) is 0.955. The van der Waals surface area contributed by atoms with E-state index in [1.807, 2.05) is 0 Å². The maximum atomic E-state index is 13.1. The van der Waals surface area contributed by atoms with Crippen molar-refractivity contribution in [2.75, 3.05) is 0 Å². The van der Waals surface area contributed by atoms with Gasteiger partial charge < -0.3 is 0 Å². The first kappa shape index (κ1) is 17.5. The van der Waals surface area contributed by atoms with Crippen LogP contribution in [0.15, 0.2) is 0 Å². The fourth-order valence-corrected chi connectivity index (χ4v) is 6.20. The lowest BCUT2D eigenvalue weighted by Gasteiger charge is -2.59. The highest BCUT2D eigenvalue weighted by molar-refractivity contribution is 5.96. The van der Waals surface area contributed by atoms with Gasteiger partial charge >= 0.3 is 0 Å². The molecule has 0 amide bonds. The molecule has 0 aliphatic heterocycles. The summed E-state index contributed by atoms with van der Waals surface area (Å²) in [6, 6.07) is 0. The van der Waals surface area contributed by atoms with Crippen LogP contribution in [0.4, 0.5) is 0 Å². The number of Topliss-reactive ketones (excluding diaryl/α,β-unsaturated/α-hetero) is 1. The van der Waals surface area contributed by atoms with E-state index in [-0.39, 0.29) is 10.8 Å². The molecule has 0 unspecified atom stereocenters. The molecule has 3 aliphatic carbocycles. The van der Waals surface area contributed by atoms with Gasteiger partial charge in [-0.05, 0) is 69.6 Å². The van der Waals surface area contributed by atoms with Crippen LogP contribution in [0.3, 0.4) is 0 Å². The third-order valence-electron chi connectivity index (χ3n) is 7.68. The minimum atomic E-state index is 0.152. The summed E-state index contributed by atoms with van der Waals surface area (Å²) in [6.07, 6.45) is 19.7. The van der Waals surface area contributed by atoms with Gasteiger partial charge in [-0.3, -0.25) is 4.79 Å². The molecule has 0 aromatic heterocycles. The first-order valence-corrected chi connectivity index (χ1v) is 10.7. The molecule has 3 rings (SSSR count). The molecule has 0 saturated heterocycles. The van der Waals surface area contributed by atoms with Crippen LogP contribution in [0.1, 0.15) is 110 Å². The molecule has 2 spiro atoms. The number of carbonyl (C=O) groups is 1. The van der Waals surface area contributed by atoms with E-state index < -0.39 is 0 Å². The molecule has 0 heterocycles. The molecule has 23 heavy (non-hydrogen) atoms. The lowest BCUT2D eigenvalue weighted by molar-refractivity contribution is -0.169. The third-order valence-corrected chi connectivity index (χ3v) is 7.68. The largest absolute Gasteiger partial charge is 0.298 e. The summed E-state index contributed by atoms with van der Waals surface area (Å²) >= 11 is 0. The second-order valence-corrected chi connectivity index (χ2v) is 9.24. The summed E-state index contributed by atoms with van der Waals surface area (Å²) in [7, 11) is 0. The van der Waals surface area contributed by atoms with Gasteiger partial charge in [-0.1, -0.05) is 52.4 Å². The molecular weight excluding hydrogens is 280 g/mol. The van der Waals surface area contributed by atoms with Crippen molar-refractivity contribution >= 4 is 5.78 Å². The minimum absolute atomic E-state index is 0.152. The van der Waals surface area contributed by atoms with Crippen molar-refractivity contribution in [3.05, 3.63) is 0 Å². The highest BCUT2D eigenvalue weighted by Gasteiger charge is 2.62. The summed E-state index contributed by atoms with van der Waals surface area (Å²) in [5, 5.41) is 0. The zero-order valence-electron chi connectivity index (χ0n) is 15.7. The molecule has 0 aromatic carbocycles. The van der Waals surface area contributed by atoms with E-state index in [0.29, 0.717) is 5.78 Å². The maximum Gasteiger partial charge on any atom is 0.145 e.